The summed E-state index contributed by atoms with van der Waals surface area (Å²) in [7, 11) is 1.36. The Morgan fingerprint density at radius 3 is 2.00 bits per heavy atom. The molecule has 2 N–H and O–H groups in total. The molecule has 4 atom stereocenters. The van der Waals surface area contributed by atoms with Crippen molar-refractivity contribution in [1.82, 2.24) is 4.68 Å². The summed E-state index contributed by atoms with van der Waals surface area (Å²) in [6.07, 6.45) is 0.650. The summed E-state index contributed by atoms with van der Waals surface area (Å²) in [4.78, 5) is 12.8. The number of benzene rings is 1. The molecule has 1 amide bonds. The molecule has 1 saturated carbocycles. The number of hydrogen-bond acceptors (Lipinski definition) is 3. The molecule has 0 radical (unpaired) electrons. The largest absolute Gasteiger partial charge is 0.493 e. The van der Waals surface area contributed by atoms with Crippen molar-refractivity contribution in [3.8, 4) is 11.8 Å². The Labute approximate surface area is 158 Å². The van der Waals surface area contributed by atoms with Crippen molar-refractivity contribution in [2.45, 2.75) is 24.4 Å². The van der Waals surface area contributed by atoms with E-state index in [9.17, 15) is 28.2 Å². The van der Waals surface area contributed by atoms with Crippen molar-refractivity contribution in [3.63, 3.8) is 0 Å². The van der Waals surface area contributed by atoms with Crippen LogP contribution in [0.15, 0.2) is 36.4 Å². The van der Waals surface area contributed by atoms with Crippen LogP contribution in [-0.2, 0) is 6.18 Å². The summed E-state index contributed by atoms with van der Waals surface area (Å²) in [6, 6.07) is 3.83. The Hall–Kier alpha value is -2.90. The van der Waals surface area contributed by atoms with Gasteiger partial charge in [0.05, 0.1) is 5.56 Å². The summed E-state index contributed by atoms with van der Waals surface area (Å²) >= 11 is 0. The Kier molecular flexibility index (Phi) is 3.28. The van der Waals surface area contributed by atoms with E-state index in [0.717, 1.165) is 40.4 Å². The highest BCUT2D eigenvalue weighted by molar-refractivity contribution is 6.01. The number of aromatic nitrogens is 1. The van der Waals surface area contributed by atoms with E-state index in [1.54, 1.807) is 0 Å². The van der Waals surface area contributed by atoms with Crippen LogP contribution in [0.3, 0.4) is 0 Å². The van der Waals surface area contributed by atoms with Gasteiger partial charge in [-0.1, -0.05) is 12.2 Å². The molecule has 2 bridgehead atoms. The van der Waals surface area contributed by atoms with Crippen LogP contribution in [-0.4, -0.2) is 27.8 Å². The zero-order valence-electron chi connectivity index (χ0n) is 14.8. The summed E-state index contributed by atoms with van der Waals surface area (Å²) < 4.78 is 39.2. The van der Waals surface area contributed by atoms with Gasteiger partial charge in [-0.05, 0) is 42.5 Å². The summed E-state index contributed by atoms with van der Waals surface area (Å²) in [5.41, 5.74) is 0.465. The van der Waals surface area contributed by atoms with Gasteiger partial charge in [0.2, 0.25) is 11.8 Å². The van der Waals surface area contributed by atoms with Crippen LogP contribution in [0.5, 0.6) is 11.8 Å². The van der Waals surface area contributed by atoms with Crippen molar-refractivity contribution >= 4 is 5.91 Å². The number of hydrogen-bond donors (Lipinski definition) is 2. The smallest absolute Gasteiger partial charge is 0.416 e. The van der Waals surface area contributed by atoms with E-state index in [-0.39, 0.29) is 29.2 Å². The summed E-state index contributed by atoms with van der Waals surface area (Å²) in [5.74, 6) is -0.0744. The molecule has 6 rings (SSSR count). The summed E-state index contributed by atoms with van der Waals surface area (Å²) in [5, 5.41) is 22.5. The monoisotopic (exact) mass is 390 g/mol. The lowest BCUT2D eigenvalue weighted by molar-refractivity contribution is -0.137. The maximum absolute atomic E-state index is 12.8. The predicted molar refractivity (Wildman–Crippen MR) is 93.9 cm³/mol. The lowest BCUT2D eigenvalue weighted by Crippen LogP contribution is -2.36. The van der Waals surface area contributed by atoms with Gasteiger partial charge >= 0.3 is 6.18 Å². The molecule has 4 aliphatic rings. The molecule has 0 aliphatic heterocycles. The number of rotatable bonds is 2. The maximum Gasteiger partial charge on any atom is 0.416 e. The first-order valence-electron chi connectivity index (χ1n) is 9.00. The molecular formula is C20H17F3N2O3. The highest BCUT2D eigenvalue weighted by Crippen LogP contribution is 2.67. The first-order chi connectivity index (χ1) is 13.2. The van der Waals surface area contributed by atoms with E-state index in [1.165, 1.54) is 7.05 Å². The number of carbonyl (C=O) groups is 1. The average Bonchev–Trinajstić information content (AvgIpc) is 3.44. The van der Waals surface area contributed by atoms with Gasteiger partial charge in [-0.15, -0.1) is 0 Å². The quantitative estimate of drug-likeness (QED) is 0.769. The molecule has 2 aromatic rings. The number of carbonyl (C=O) groups excluding carboxylic acids is 1. The molecule has 8 heteroatoms. The third kappa shape index (κ3) is 2.17. The van der Waals surface area contributed by atoms with Crippen LogP contribution < -0.4 is 5.01 Å². The number of amides is 1. The van der Waals surface area contributed by atoms with Gasteiger partial charge < -0.3 is 10.2 Å². The van der Waals surface area contributed by atoms with Gasteiger partial charge in [0.25, 0.3) is 5.91 Å². The molecule has 5 nitrogen and oxygen atoms in total. The molecular weight excluding hydrogens is 373 g/mol. The second kappa shape index (κ2) is 5.33. The van der Waals surface area contributed by atoms with Gasteiger partial charge in [-0.25, -0.2) is 5.01 Å². The molecule has 1 fully saturated rings. The zero-order chi connectivity index (χ0) is 20.0. The zero-order valence-corrected chi connectivity index (χ0v) is 14.8. The van der Waals surface area contributed by atoms with Gasteiger partial charge in [0.15, 0.2) is 0 Å². The van der Waals surface area contributed by atoms with E-state index in [4.69, 9.17) is 0 Å². The summed E-state index contributed by atoms with van der Waals surface area (Å²) in [6.45, 7) is 0. The third-order valence-corrected chi connectivity index (χ3v) is 6.23. The van der Waals surface area contributed by atoms with Crippen LogP contribution in [0.4, 0.5) is 13.2 Å². The second-order valence-electron chi connectivity index (χ2n) is 7.69. The minimum atomic E-state index is -4.49. The van der Waals surface area contributed by atoms with Crippen LogP contribution >= 0.6 is 0 Å². The molecule has 146 valence electrons. The molecule has 1 heterocycles. The molecule has 0 saturated heterocycles. The normalized spacial score (nSPS) is 26.7. The third-order valence-electron chi connectivity index (χ3n) is 6.23. The molecule has 1 aromatic heterocycles. The van der Waals surface area contributed by atoms with Crippen LogP contribution in [0.25, 0.3) is 0 Å². The SMILES string of the molecule is CN(C(=O)c1ccc(C(F)(F)F)cc1)n1c(O)c2c(c1O)C1C=CC2C2CC12. The molecule has 28 heavy (non-hydrogen) atoms. The van der Waals surface area contributed by atoms with Crippen molar-refractivity contribution < 1.29 is 28.2 Å². The molecule has 4 aliphatic carbocycles. The fourth-order valence-corrected chi connectivity index (χ4v) is 4.80. The van der Waals surface area contributed by atoms with Crippen LogP contribution in [0.1, 0.15) is 45.3 Å². The minimum Gasteiger partial charge on any atom is -0.493 e. The van der Waals surface area contributed by atoms with Gasteiger partial charge in [-0.3, -0.25) is 4.79 Å². The fraction of sp³-hybridized carbons (Fsp3) is 0.350. The number of halogens is 3. The van der Waals surface area contributed by atoms with E-state index >= 15 is 0 Å². The number of nitrogens with zero attached hydrogens (tertiary/aromatic N) is 2. The van der Waals surface area contributed by atoms with Crippen molar-refractivity contribution in [3.05, 3.63) is 58.7 Å². The van der Waals surface area contributed by atoms with Gasteiger partial charge in [-0.2, -0.15) is 17.8 Å². The topological polar surface area (TPSA) is 65.7 Å². The Morgan fingerprint density at radius 1 is 1.04 bits per heavy atom. The van der Waals surface area contributed by atoms with Crippen LogP contribution in [0, 0.1) is 11.8 Å². The fourth-order valence-electron chi connectivity index (χ4n) is 4.80. The van der Waals surface area contributed by atoms with Crippen molar-refractivity contribution in [1.29, 1.82) is 0 Å². The Balaban J connectivity index is 1.50. The van der Waals surface area contributed by atoms with Crippen LogP contribution in [0.2, 0.25) is 0 Å². The van der Waals surface area contributed by atoms with E-state index < -0.39 is 17.6 Å². The highest BCUT2D eigenvalue weighted by Gasteiger charge is 2.57. The van der Waals surface area contributed by atoms with E-state index in [1.807, 2.05) is 12.2 Å². The van der Waals surface area contributed by atoms with Crippen molar-refractivity contribution in [2.75, 3.05) is 12.1 Å². The Morgan fingerprint density at radius 2 is 1.54 bits per heavy atom. The number of allylic oxidation sites excluding steroid dienone is 2. The molecule has 4 unspecified atom stereocenters. The predicted octanol–water partition coefficient (Wildman–Crippen LogP) is 3.71. The second-order valence-corrected chi connectivity index (χ2v) is 7.69. The number of aromatic hydroxyl groups is 2. The lowest BCUT2D eigenvalue weighted by Gasteiger charge is -2.29. The minimum absolute atomic E-state index is 0.0184. The number of alkyl halides is 3. The van der Waals surface area contributed by atoms with Gasteiger partial charge in [0, 0.05) is 35.6 Å². The van der Waals surface area contributed by atoms with E-state index in [0.29, 0.717) is 23.0 Å². The average molecular weight is 390 g/mol. The van der Waals surface area contributed by atoms with Gasteiger partial charge in [0.1, 0.15) is 0 Å². The maximum atomic E-state index is 12.8. The molecule has 0 spiro atoms. The highest BCUT2D eigenvalue weighted by atomic mass is 19.4. The first kappa shape index (κ1) is 17.2. The van der Waals surface area contributed by atoms with Crippen molar-refractivity contribution in [2.24, 2.45) is 11.8 Å². The molecule has 1 aromatic carbocycles. The van der Waals surface area contributed by atoms with E-state index in [2.05, 4.69) is 0 Å². The Bertz CT molecular complexity index is 981. The first-order valence-corrected chi connectivity index (χ1v) is 9.00. The lowest BCUT2D eigenvalue weighted by atomic mass is 9.73. The standard InChI is InChI=1S/C20H17F3N2O3/c1-24(17(26)9-2-4-10(5-3-9)20(21,22)23)25-18(27)15-11-6-7-12(14-8-13(11)14)16(15)19(25)28/h2-7,11-14,27-28H,8H2,1H3.